The lowest BCUT2D eigenvalue weighted by atomic mass is 9.48. The Labute approximate surface area is 183 Å². The minimum absolute atomic E-state index is 0.0412. The molecule has 4 fully saturated rings. The maximum atomic E-state index is 13.2. The average molecular weight is 538 g/mol. The van der Waals surface area contributed by atoms with Gasteiger partial charge in [0.15, 0.2) is 0 Å². The van der Waals surface area contributed by atoms with Crippen LogP contribution in [0, 0.1) is 20.8 Å². The number of esters is 2. The molecule has 4 saturated carbocycles. The van der Waals surface area contributed by atoms with Crippen molar-refractivity contribution in [3.63, 3.8) is 0 Å². The van der Waals surface area contributed by atoms with Gasteiger partial charge in [-0.1, -0.05) is 0 Å². The van der Waals surface area contributed by atoms with Crippen molar-refractivity contribution < 1.29 is 42.1 Å². The van der Waals surface area contributed by atoms with Gasteiger partial charge in [-0.05, 0) is 84.7 Å². The number of alkyl halides is 3. The van der Waals surface area contributed by atoms with Gasteiger partial charge in [-0.25, -0.2) is 9.59 Å². The Kier molecular flexibility index (Phi) is 5.06. The van der Waals surface area contributed by atoms with Crippen LogP contribution >= 0.6 is 22.6 Å². The standard InChI is InChI=1S/C20H18F3IO6/c21-20(22,23)17(28)30-19-7-10-3-11(8-19)6-18(5-10,9-19)16(27)29-14-2-1-12(24)4-13(14)15(25)26/h1-2,4,10-11H,3,5-9H2,(H,25,26). The fraction of sp³-hybridized carbons (Fsp3) is 0.550. The van der Waals surface area contributed by atoms with Gasteiger partial charge in [0.25, 0.3) is 0 Å². The number of rotatable bonds is 4. The van der Waals surface area contributed by atoms with E-state index >= 15 is 0 Å². The summed E-state index contributed by atoms with van der Waals surface area (Å²) in [6.07, 6.45) is -2.92. The molecule has 0 radical (unpaired) electrons. The zero-order valence-corrected chi connectivity index (χ0v) is 17.8. The lowest BCUT2D eigenvalue weighted by Gasteiger charge is -2.59. The van der Waals surface area contributed by atoms with Crippen molar-refractivity contribution in [2.45, 2.75) is 50.3 Å². The molecular weight excluding hydrogens is 520 g/mol. The molecule has 0 aliphatic heterocycles. The largest absolute Gasteiger partial charge is 0.490 e. The van der Waals surface area contributed by atoms with Crippen molar-refractivity contribution in [1.29, 1.82) is 0 Å². The monoisotopic (exact) mass is 538 g/mol. The van der Waals surface area contributed by atoms with Crippen LogP contribution in [0.4, 0.5) is 13.2 Å². The molecule has 0 amide bonds. The summed E-state index contributed by atoms with van der Waals surface area (Å²) in [4.78, 5) is 36.2. The molecule has 4 aliphatic rings. The molecular formula is C20H18F3IO6. The second-order valence-corrected chi connectivity index (χ2v) is 9.89. The number of ether oxygens (including phenoxy) is 2. The van der Waals surface area contributed by atoms with Crippen LogP contribution in [0.15, 0.2) is 18.2 Å². The van der Waals surface area contributed by atoms with Crippen molar-refractivity contribution >= 4 is 40.5 Å². The first kappa shape index (κ1) is 21.4. The first-order valence-electron chi connectivity index (χ1n) is 9.47. The molecule has 30 heavy (non-hydrogen) atoms. The third-order valence-corrected chi connectivity index (χ3v) is 7.03. The molecule has 0 spiro atoms. The van der Waals surface area contributed by atoms with Crippen molar-refractivity contribution in [3.8, 4) is 5.75 Å². The van der Waals surface area contributed by atoms with Gasteiger partial charge in [0.05, 0.1) is 5.41 Å². The highest BCUT2D eigenvalue weighted by Gasteiger charge is 2.64. The maximum absolute atomic E-state index is 13.2. The van der Waals surface area contributed by atoms with Crippen molar-refractivity contribution in [2.75, 3.05) is 0 Å². The van der Waals surface area contributed by atoms with E-state index in [4.69, 9.17) is 9.47 Å². The van der Waals surface area contributed by atoms with E-state index in [9.17, 15) is 32.7 Å². The van der Waals surface area contributed by atoms with E-state index in [2.05, 4.69) is 0 Å². The van der Waals surface area contributed by atoms with Crippen LogP contribution in [0.1, 0.15) is 48.9 Å². The lowest BCUT2D eigenvalue weighted by Crippen LogP contribution is -2.61. The SMILES string of the molecule is O=C(O)c1cc(I)ccc1OC(=O)C12CC3CC(CC(OC(=O)C(F)(F)F)(C3)C1)C2. The molecule has 0 saturated heterocycles. The molecule has 1 aromatic rings. The van der Waals surface area contributed by atoms with Crippen LogP contribution in [0.25, 0.3) is 0 Å². The van der Waals surface area contributed by atoms with Gasteiger partial charge in [-0.15, -0.1) is 0 Å². The number of halogens is 4. The topological polar surface area (TPSA) is 89.9 Å². The first-order chi connectivity index (χ1) is 13.9. The second-order valence-electron chi connectivity index (χ2n) is 8.65. The molecule has 2 atom stereocenters. The van der Waals surface area contributed by atoms with Gasteiger partial charge >= 0.3 is 24.1 Å². The molecule has 4 aliphatic carbocycles. The highest BCUT2D eigenvalue weighted by Crippen LogP contribution is 2.63. The van der Waals surface area contributed by atoms with E-state index in [0.717, 1.165) is 6.42 Å². The van der Waals surface area contributed by atoms with Crippen LogP contribution in [0.5, 0.6) is 5.75 Å². The van der Waals surface area contributed by atoms with E-state index in [1.54, 1.807) is 6.07 Å². The smallest absolute Gasteiger partial charge is 0.478 e. The van der Waals surface area contributed by atoms with Gasteiger partial charge < -0.3 is 14.6 Å². The number of carboxylic acids is 1. The average Bonchev–Trinajstić information content (AvgIpc) is 2.60. The zero-order chi connectivity index (χ0) is 21.9. The van der Waals surface area contributed by atoms with Gasteiger partial charge in [0, 0.05) is 9.99 Å². The minimum atomic E-state index is -5.10. The normalized spacial score (nSPS) is 32.0. The van der Waals surface area contributed by atoms with Gasteiger partial charge in [-0.3, -0.25) is 4.79 Å². The summed E-state index contributed by atoms with van der Waals surface area (Å²) in [6, 6.07) is 4.36. The quantitative estimate of drug-likeness (QED) is 0.349. The van der Waals surface area contributed by atoms with E-state index < -0.39 is 35.1 Å². The predicted octanol–water partition coefficient (Wildman–Crippen LogP) is 4.34. The van der Waals surface area contributed by atoms with Crippen LogP contribution < -0.4 is 4.74 Å². The Morgan fingerprint density at radius 3 is 2.30 bits per heavy atom. The van der Waals surface area contributed by atoms with E-state index in [0.29, 0.717) is 29.3 Å². The summed E-state index contributed by atoms with van der Waals surface area (Å²) in [5.74, 6) is -4.36. The molecule has 162 valence electrons. The number of carboxylic acid groups (broad SMARTS) is 1. The predicted molar refractivity (Wildman–Crippen MR) is 104 cm³/mol. The summed E-state index contributed by atoms with van der Waals surface area (Å²) in [6.45, 7) is 0. The third kappa shape index (κ3) is 3.78. The van der Waals surface area contributed by atoms with Crippen LogP contribution in [-0.4, -0.2) is 34.8 Å². The van der Waals surface area contributed by atoms with E-state index in [1.165, 1.54) is 12.1 Å². The number of benzene rings is 1. The summed E-state index contributed by atoms with van der Waals surface area (Å²) < 4.78 is 49.5. The fourth-order valence-electron chi connectivity index (χ4n) is 5.76. The highest BCUT2D eigenvalue weighted by atomic mass is 127. The van der Waals surface area contributed by atoms with E-state index in [1.807, 2.05) is 22.6 Å². The lowest BCUT2D eigenvalue weighted by molar-refractivity contribution is -0.239. The Hall–Kier alpha value is -1.85. The fourth-order valence-corrected chi connectivity index (χ4v) is 6.25. The van der Waals surface area contributed by atoms with Crippen molar-refractivity contribution in [3.05, 3.63) is 27.3 Å². The molecule has 6 nitrogen and oxygen atoms in total. The van der Waals surface area contributed by atoms with Crippen LogP contribution in [-0.2, 0) is 14.3 Å². The summed E-state index contributed by atoms with van der Waals surface area (Å²) in [5, 5.41) is 9.39. The molecule has 4 bridgehead atoms. The zero-order valence-electron chi connectivity index (χ0n) is 15.6. The number of hydrogen-bond acceptors (Lipinski definition) is 5. The number of carbonyl (C=O) groups excluding carboxylic acids is 2. The van der Waals surface area contributed by atoms with E-state index in [-0.39, 0.29) is 29.6 Å². The third-order valence-electron chi connectivity index (χ3n) is 6.36. The van der Waals surface area contributed by atoms with Gasteiger partial charge in [-0.2, -0.15) is 13.2 Å². The Balaban J connectivity index is 1.61. The summed E-state index contributed by atoms with van der Waals surface area (Å²) in [7, 11) is 0. The minimum Gasteiger partial charge on any atom is -0.478 e. The van der Waals surface area contributed by atoms with Crippen molar-refractivity contribution in [2.24, 2.45) is 17.3 Å². The Morgan fingerprint density at radius 1 is 1.10 bits per heavy atom. The van der Waals surface area contributed by atoms with Crippen LogP contribution in [0.2, 0.25) is 0 Å². The summed E-state index contributed by atoms with van der Waals surface area (Å²) >= 11 is 1.94. The molecule has 2 unspecified atom stereocenters. The van der Waals surface area contributed by atoms with Gasteiger partial charge in [0.1, 0.15) is 16.9 Å². The van der Waals surface area contributed by atoms with Gasteiger partial charge in [0.2, 0.25) is 0 Å². The maximum Gasteiger partial charge on any atom is 0.490 e. The number of hydrogen-bond donors (Lipinski definition) is 1. The molecule has 10 heteroatoms. The molecule has 1 aromatic carbocycles. The number of aromatic carboxylic acids is 1. The van der Waals surface area contributed by atoms with Crippen molar-refractivity contribution in [1.82, 2.24) is 0 Å². The van der Waals surface area contributed by atoms with Crippen LogP contribution in [0.3, 0.4) is 0 Å². The molecule has 5 rings (SSSR count). The summed E-state index contributed by atoms with van der Waals surface area (Å²) in [5.41, 5.74) is -2.59. The molecule has 0 aromatic heterocycles. The number of carbonyl (C=O) groups is 3. The highest BCUT2D eigenvalue weighted by molar-refractivity contribution is 14.1. The Bertz CT molecular complexity index is 914. The molecule has 0 heterocycles. The Morgan fingerprint density at radius 2 is 1.73 bits per heavy atom. The molecule has 1 N–H and O–H groups in total. The first-order valence-corrected chi connectivity index (χ1v) is 10.5. The second kappa shape index (κ2) is 7.10.